The predicted molar refractivity (Wildman–Crippen MR) is 69.8 cm³/mol. The summed E-state index contributed by atoms with van der Waals surface area (Å²) in [6.07, 6.45) is 1.54. The Bertz CT molecular complexity index is 550. The number of aliphatic carboxylic acids is 1. The lowest BCUT2D eigenvalue weighted by atomic mass is 10.1. The van der Waals surface area contributed by atoms with E-state index in [1.165, 1.54) is 6.26 Å². The summed E-state index contributed by atoms with van der Waals surface area (Å²) in [4.78, 5) is 17.0. The van der Waals surface area contributed by atoms with Crippen molar-refractivity contribution in [3.05, 3.63) is 24.3 Å². The Morgan fingerprint density at radius 3 is 2.95 bits per heavy atom. The van der Waals surface area contributed by atoms with Gasteiger partial charge in [-0.2, -0.15) is 4.98 Å². The maximum absolute atomic E-state index is 10.9. The third kappa shape index (κ3) is 3.45. The van der Waals surface area contributed by atoms with Gasteiger partial charge in [0.15, 0.2) is 5.76 Å². The molecule has 2 heterocycles. The van der Waals surface area contributed by atoms with Gasteiger partial charge in [-0.05, 0) is 18.7 Å². The van der Waals surface area contributed by atoms with Gasteiger partial charge < -0.3 is 14.0 Å². The SMILES string of the molecule is CCN(Cc1nc(-c2ccco2)no1)CC(C)C(=O)O. The van der Waals surface area contributed by atoms with E-state index < -0.39 is 11.9 Å². The van der Waals surface area contributed by atoms with Crippen LogP contribution in [0.2, 0.25) is 0 Å². The van der Waals surface area contributed by atoms with Gasteiger partial charge in [-0.1, -0.05) is 19.0 Å². The van der Waals surface area contributed by atoms with Gasteiger partial charge in [0.1, 0.15) is 0 Å². The van der Waals surface area contributed by atoms with Crippen LogP contribution in [0.15, 0.2) is 27.3 Å². The third-order valence-corrected chi connectivity index (χ3v) is 2.97. The van der Waals surface area contributed by atoms with Crippen LogP contribution in [0.1, 0.15) is 19.7 Å². The quantitative estimate of drug-likeness (QED) is 0.826. The number of carbonyl (C=O) groups is 1. The summed E-state index contributed by atoms with van der Waals surface area (Å²) in [7, 11) is 0. The van der Waals surface area contributed by atoms with E-state index >= 15 is 0 Å². The number of aromatic nitrogens is 2. The molecule has 0 spiro atoms. The normalized spacial score (nSPS) is 12.8. The second kappa shape index (κ2) is 6.33. The molecule has 0 aliphatic heterocycles. The van der Waals surface area contributed by atoms with Crippen molar-refractivity contribution in [2.24, 2.45) is 5.92 Å². The first kappa shape index (κ1) is 14.3. The van der Waals surface area contributed by atoms with Gasteiger partial charge >= 0.3 is 5.97 Å². The minimum atomic E-state index is -0.815. The van der Waals surface area contributed by atoms with Gasteiger partial charge in [-0.15, -0.1) is 0 Å². The molecule has 1 atom stereocenters. The van der Waals surface area contributed by atoms with Crippen molar-refractivity contribution in [1.29, 1.82) is 0 Å². The second-order valence-electron chi connectivity index (χ2n) is 4.56. The zero-order chi connectivity index (χ0) is 14.5. The molecule has 0 radical (unpaired) electrons. The summed E-state index contributed by atoms with van der Waals surface area (Å²) in [5.74, 6) is 0.123. The molecule has 7 nitrogen and oxygen atoms in total. The molecule has 7 heteroatoms. The van der Waals surface area contributed by atoms with Crippen LogP contribution >= 0.6 is 0 Å². The monoisotopic (exact) mass is 279 g/mol. The lowest BCUT2D eigenvalue weighted by Gasteiger charge is -2.20. The summed E-state index contributed by atoms with van der Waals surface area (Å²) >= 11 is 0. The summed E-state index contributed by atoms with van der Waals surface area (Å²) < 4.78 is 10.3. The Labute approximate surface area is 116 Å². The number of hydrogen-bond acceptors (Lipinski definition) is 6. The van der Waals surface area contributed by atoms with Gasteiger partial charge in [-0.25, -0.2) is 0 Å². The molecule has 0 saturated heterocycles. The van der Waals surface area contributed by atoms with Gasteiger partial charge in [0.05, 0.1) is 18.7 Å². The molecule has 0 saturated carbocycles. The van der Waals surface area contributed by atoms with E-state index in [2.05, 4.69) is 10.1 Å². The van der Waals surface area contributed by atoms with E-state index in [0.29, 0.717) is 37.1 Å². The Hall–Kier alpha value is -2.15. The number of furan rings is 1. The van der Waals surface area contributed by atoms with Crippen LogP contribution in [0, 0.1) is 5.92 Å². The standard InChI is InChI=1S/C13H17N3O4/c1-3-16(7-9(2)13(17)18)8-11-14-12(15-20-11)10-5-4-6-19-10/h4-6,9H,3,7-8H2,1-2H3,(H,17,18). The molecule has 1 unspecified atom stereocenters. The van der Waals surface area contributed by atoms with E-state index in [0.717, 1.165) is 0 Å². The highest BCUT2D eigenvalue weighted by Crippen LogP contribution is 2.16. The zero-order valence-electron chi connectivity index (χ0n) is 11.4. The lowest BCUT2D eigenvalue weighted by Crippen LogP contribution is -2.31. The molecule has 20 heavy (non-hydrogen) atoms. The molecule has 0 fully saturated rings. The minimum absolute atomic E-state index is 0.396. The average molecular weight is 279 g/mol. The molecule has 108 valence electrons. The number of rotatable bonds is 7. The Morgan fingerprint density at radius 2 is 2.35 bits per heavy atom. The smallest absolute Gasteiger partial charge is 0.307 e. The topological polar surface area (TPSA) is 92.6 Å². The average Bonchev–Trinajstić information content (AvgIpc) is 3.08. The Balaban J connectivity index is 1.99. The fraction of sp³-hybridized carbons (Fsp3) is 0.462. The summed E-state index contributed by atoms with van der Waals surface area (Å²) in [5.41, 5.74) is 0. The minimum Gasteiger partial charge on any atom is -0.481 e. The van der Waals surface area contributed by atoms with Crippen LogP contribution in [0.3, 0.4) is 0 Å². The maximum atomic E-state index is 10.9. The highest BCUT2D eigenvalue weighted by Gasteiger charge is 2.18. The van der Waals surface area contributed by atoms with Crippen molar-refractivity contribution in [1.82, 2.24) is 15.0 Å². The molecule has 1 N–H and O–H groups in total. The van der Waals surface area contributed by atoms with Crippen LogP contribution in [0.25, 0.3) is 11.6 Å². The van der Waals surface area contributed by atoms with E-state index in [1.54, 1.807) is 19.1 Å². The van der Waals surface area contributed by atoms with Crippen LogP contribution < -0.4 is 0 Å². The number of carboxylic acids is 1. The van der Waals surface area contributed by atoms with Gasteiger partial charge in [0, 0.05) is 6.54 Å². The van der Waals surface area contributed by atoms with E-state index in [-0.39, 0.29) is 0 Å². The molecule has 0 aliphatic carbocycles. The summed E-state index contributed by atoms with van der Waals surface area (Å²) in [5, 5.41) is 12.8. The molecule has 0 aliphatic rings. The van der Waals surface area contributed by atoms with E-state index in [9.17, 15) is 4.79 Å². The fourth-order valence-electron chi connectivity index (χ4n) is 1.79. The first-order valence-corrected chi connectivity index (χ1v) is 6.41. The Morgan fingerprint density at radius 1 is 1.55 bits per heavy atom. The van der Waals surface area contributed by atoms with Crippen LogP contribution in [0.5, 0.6) is 0 Å². The zero-order valence-corrected chi connectivity index (χ0v) is 11.4. The molecule has 0 aromatic carbocycles. The van der Waals surface area contributed by atoms with Crippen molar-refractivity contribution in [2.75, 3.05) is 13.1 Å². The first-order chi connectivity index (χ1) is 9.60. The Kier molecular flexibility index (Phi) is 4.52. The number of hydrogen-bond donors (Lipinski definition) is 1. The van der Waals surface area contributed by atoms with Crippen molar-refractivity contribution in [2.45, 2.75) is 20.4 Å². The fourth-order valence-corrected chi connectivity index (χ4v) is 1.79. The van der Waals surface area contributed by atoms with Gasteiger partial charge in [0.25, 0.3) is 0 Å². The van der Waals surface area contributed by atoms with Gasteiger partial charge in [-0.3, -0.25) is 9.69 Å². The van der Waals surface area contributed by atoms with Crippen LogP contribution in [0.4, 0.5) is 0 Å². The van der Waals surface area contributed by atoms with Crippen LogP contribution in [-0.2, 0) is 11.3 Å². The molecular formula is C13H17N3O4. The molecule has 0 amide bonds. The van der Waals surface area contributed by atoms with Crippen molar-refractivity contribution in [3.8, 4) is 11.6 Å². The second-order valence-corrected chi connectivity index (χ2v) is 4.56. The largest absolute Gasteiger partial charge is 0.481 e. The predicted octanol–water partition coefficient (Wildman–Crippen LogP) is 1.87. The van der Waals surface area contributed by atoms with Crippen LogP contribution in [-0.4, -0.2) is 39.2 Å². The number of carboxylic acid groups (broad SMARTS) is 1. The maximum Gasteiger partial charge on any atom is 0.307 e. The first-order valence-electron chi connectivity index (χ1n) is 6.41. The third-order valence-electron chi connectivity index (χ3n) is 2.97. The van der Waals surface area contributed by atoms with Crippen molar-refractivity contribution in [3.63, 3.8) is 0 Å². The van der Waals surface area contributed by atoms with Crippen molar-refractivity contribution < 1.29 is 18.8 Å². The highest BCUT2D eigenvalue weighted by molar-refractivity contribution is 5.69. The van der Waals surface area contributed by atoms with E-state index in [1.807, 2.05) is 11.8 Å². The molecular weight excluding hydrogens is 262 g/mol. The molecule has 2 aromatic heterocycles. The van der Waals surface area contributed by atoms with Gasteiger partial charge in [0.2, 0.25) is 11.7 Å². The van der Waals surface area contributed by atoms with E-state index in [4.69, 9.17) is 14.0 Å². The molecule has 0 bridgehead atoms. The lowest BCUT2D eigenvalue weighted by molar-refractivity contribution is -0.141. The number of nitrogens with zero attached hydrogens (tertiary/aromatic N) is 3. The molecule has 2 aromatic rings. The summed E-state index contributed by atoms with van der Waals surface area (Å²) in [6.45, 7) is 5.19. The molecule has 2 rings (SSSR count). The highest BCUT2D eigenvalue weighted by atomic mass is 16.5. The van der Waals surface area contributed by atoms with Crippen molar-refractivity contribution >= 4 is 5.97 Å². The summed E-state index contributed by atoms with van der Waals surface area (Å²) in [6, 6.07) is 3.50.